The first-order valence-corrected chi connectivity index (χ1v) is 4.65. The van der Waals surface area contributed by atoms with E-state index in [0.717, 1.165) is 9.08 Å². The van der Waals surface area contributed by atoms with Gasteiger partial charge < -0.3 is 0 Å². The summed E-state index contributed by atoms with van der Waals surface area (Å²) in [6.07, 6.45) is 1.74. The van der Waals surface area contributed by atoms with Gasteiger partial charge in [0.2, 0.25) is 0 Å². The summed E-state index contributed by atoms with van der Waals surface area (Å²) in [4.78, 5) is 3.95. The Balaban J connectivity index is 0.000000371. The molecule has 0 spiro atoms. The Morgan fingerprint density at radius 2 is 1.80 bits per heavy atom. The van der Waals surface area contributed by atoms with Crippen LogP contribution in [0.1, 0.15) is 13.8 Å². The first-order valence-electron chi connectivity index (χ1n) is 3.06. The molecular formula is C7H9Br2N. The zero-order chi connectivity index (χ0) is 7.98. The molecule has 56 valence electrons. The van der Waals surface area contributed by atoms with E-state index in [4.69, 9.17) is 0 Å². The fourth-order valence-corrected chi connectivity index (χ4v) is 0.827. The number of pyridine rings is 1. The van der Waals surface area contributed by atoms with Gasteiger partial charge in [0.1, 0.15) is 4.60 Å². The number of rotatable bonds is 0. The number of hydrogen-bond donors (Lipinski definition) is 0. The molecule has 0 fully saturated rings. The van der Waals surface area contributed by atoms with Crippen LogP contribution >= 0.6 is 31.9 Å². The average molecular weight is 267 g/mol. The van der Waals surface area contributed by atoms with Gasteiger partial charge in [-0.3, -0.25) is 0 Å². The highest BCUT2D eigenvalue weighted by Crippen LogP contribution is 2.10. The Labute approximate surface area is 78.1 Å². The maximum Gasteiger partial charge on any atom is 0.106 e. The summed E-state index contributed by atoms with van der Waals surface area (Å²) in [5, 5.41) is 0. The molecule has 0 amide bonds. The van der Waals surface area contributed by atoms with Gasteiger partial charge in [0.05, 0.1) is 0 Å². The number of halogens is 2. The first kappa shape index (κ1) is 10.1. The second-order valence-electron chi connectivity index (χ2n) is 1.30. The van der Waals surface area contributed by atoms with Gasteiger partial charge in [-0.2, -0.15) is 0 Å². The SMILES string of the molecule is Brc1ccc(Br)nc1.CC. The van der Waals surface area contributed by atoms with Crippen molar-refractivity contribution >= 4 is 31.9 Å². The molecule has 0 saturated heterocycles. The Kier molecular flexibility index (Phi) is 5.93. The van der Waals surface area contributed by atoms with Crippen LogP contribution in [0, 0.1) is 0 Å². The Morgan fingerprint density at radius 1 is 1.20 bits per heavy atom. The number of hydrogen-bond acceptors (Lipinski definition) is 1. The van der Waals surface area contributed by atoms with Crippen molar-refractivity contribution in [1.29, 1.82) is 0 Å². The van der Waals surface area contributed by atoms with Gasteiger partial charge in [-0.05, 0) is 44.0 Å². The second-order valence-corrected chi connectivity index (χ2v) is 3.03. The van der Waals surface area contributed by atoms with Gasteiger partial charge in [0.25, 0.3) is 0 Å². The Bertz CT molecular complexity index is 150. The fraction of sp³-hybridized carbons (Fsp3) is 0.286. The molecule has 1 aromatic heterocycles. The lowest BCUT2D eigenvalue weighted by Crippen LogP contribution is -1.70. The van der Waals surface area contributed by atoms with Crippen LogP contribution in [0.15, 0.2) is 27.4 Å². The molecular weight excluding hydrogens is 258 g/mol. The third-order valence-electron chi connectivity index (χ3n) is 0.691. The normalized spacial score (nSPS) is 8.00. The number of aromatic nitrogens is 1. The van der Waals surface area contributed by atoms with Crippen molar-refractivity contribution in [3.63, 3.8) is 0 Å². The summed E-state index contributed by atoms with van der Waals surface area (Å²) in [5.41, 5.74) is 0. The molecule has 0 saturated carbocycles. The Morgan fingerprint density at radius 3 is 2.10 bits per heavy atom. The van der Waals surface area contributed by atoms with Crippen molar-refractivity contribution < 1.29 is 0 Å². The molecule has 3 heteroatoms. The van der Waals surface area contributed by atoms with Crippen molar-refractivity contribution in [2.24, 2.45) is 0 Å². The summed E-state index contributed by atoms with van der Waals surface area (Å²) in [6.45, 7) is 4.00. The minimum atomic E-state index is 0.862. The predicted octanol–water partition coefficient (Wildman–Crippen LogP) is 3.63. The predicted molar refractivity (Wildman–Crippen MR) is 51.0 cm³/mol. The lowest BCUT2D eigenvalue weighted by molar-refractivity contribution is 1.26. The van der Waals surface area contributed by atoms with E-state index in [9.17, 15) is 0 Å². The van der Waals surface area contributed by atoms with Crippen molar-refractivity contribution in [3.8, 4) is 0 Å². The zero-order valence-electron chi connectivity index (χ0n) is 5.94. The lowest BCUT2D eigenvalue weighted by atomic mass is 10.5. The lowest BCUT2D eigenvalue weighted by Gasteiger charge is -1.86. The Hall–Kier alpha value is 0.110. The molecule has 0 aliphatic rings. The van der Waals surface area contributed by atoms with Crippen LogP contribution in [-0.2, 0) is 0 Å². The first-order chi connectivity index (χ1) is 4.79. The van der Waals surface area contributed by atoms with Crippen LogP contribution in [0.5, 0.6) is 0 Å². The molecule has 1 heterocycles. The van der Waals surface area contributed by atoms with E-state index >= 15 is 0 Å². The minimum absolute atomic E-state index is 0.862. The molecule has 0 atom stereocenters. The zero-order valence-corrected chi connectivity index (χ0v) is 9.11. The van der Waals surface area contributed by atoms with Crippen LogP contribution in [-0.4, -0.2) is 4.98 Å². The van der Waals surface area contributed by atoms with Crippen LogP contribution in [0.3, 0.4) is 0 Å². The summed E-state index contributed by atoms with van der Waals surface area (Å²) in [6, 6.07) is 3.81. The highest BCUT2D eigenvalue weighted by Gasteiger charge is 1.84. The van der Waals surface area contributed by atoms with Gasteiger partial charge in [-0.15, -0.1) is 0 Å². The van der Waals surface area contributed by atoms with E-state index in [1.165, 1.54) is 0 Å². The van der Waals surface area contributed by atoms with Crippen molar-refractivity contribution in [1.82, 2.24) is 4.98 Å². The fourth-order valence-electron chi connectivity index (χ4n) is 0.358. The largest absolute Gasteiger partial charge is 0.248 e. The molecule has 1 rings (SSSR count). The van der Waals surface area contributed by atoms with Gasteiger partial charge in [0, 0.05) is 10.7 Å². The van der Waals surface area contributed by atoms with Crippen LogP contribution in [0.2, 0.25) is 0 Å². The van der Waals surface area contributed by atoms with Crippen LogP contribution in [0.25, 0.3) is 0 Å². The van der Waals surface area contributed by atoms with Crippen molar-refractivity contribution in [2.75, 3.05) is 0 Å². The monoisotopic (exact) mass is 265 g/mol. The standard InChI is InChI=1S/C5H3Br2N.C2H6/c6-4-1-2-5(7)8-3-4;1-2/h1-3H;1-2H3. The van der Waals surface area contributed by atoms with Crippen LogP contribution < -0.4 is 0 Å². The van der Waals surface area contributed by atoms with E-state index < -0.39 is 0 Å². The van der Waals surface area contributed by atoms with E-state index in [1.807, 2.05) is 26.0 Å². The van der Waals surface area contributed by atoms with E-state index in [1.54, 1.807) is 6.20 Å². The average Bonchev–Trinajstić information content (AvgIpc) is 2.00. The topological polar surface area (TPSA) is 12.9 Å². The van der Waals surface area contributed by atoms with E-state index in [2.05, 4.69) is 36.8 Å². The molecule has 0 aliphatic heterocycles. The van der Waals surface area contributed by atoms with Gasteiger partial charge in [-0.25, -0.2) is 4.98 Å². The maximum absolute atomic E-state index is 3.95. The highest BCUT2D eigenvalue weighted by atomic mass is 79.9. The summed E-state index contributed by atoms with van der Waals surface area (Å²) >= 11 is 6.48. The van der Waals surface area contributed by atoms with E-state index in [-0.39, 0.29) is 0 Å². The van der Waals surface area contributed by atoms with E-state index in [0.29, 0.717) is 0 Å². The maximum atomic E-state index is 3.95. The molecule has 1 nitrogen and oxygen atoms in total. The summed E-state index contributed by atoms with van der Waals surface area (Å²) in [7, 11) is 0. The highest BCUT2D eigenvalue weighted by molar-refractivity contribution is 9.11. The second kappa shape index (κ2) is 5.86. The molecule has 0 aromatic carbocycles. The van der Waals surface area contributed by atoms with Crippen LogP contribution in [0.4, 0.5) is 0 Å². The third kappa shape index (κ3) is 4.01. The van der Waals surface area contributed by atoms with Gasteiger partial charge in [-0.1, -0.05) is 13.8 Å². The number of nitrogens with zero attached hydrogens (tertiary/aromatic N) is 1. The molecule has 0 aliphatic carbocycles. The molecule has 0 bridgehead atoms. The molecule has 0 radical (unpaired) electrons. The molecule has 10 heavy (non-hydrogen) atoms. The molecule has 0 unspecified atom stereocenters. The molecule has 1 aromatic rings. The summed E-state index contributed by atoms with van der Waals surface area (Å²) < 4.78 is 1.86. The van der Waals surface area contributed by atoms with Crippen molar-refractivity contribution in [3.05, 3.63) is 27.4 Å². The minimum Gasteiger partial charge on any atom is -0.248 e. The third-order valence-corrected chi connectivity index (χ3v) is 1.63. The van der Waals surface area contributed by atoms with Gasteiger partial charge >= 0.3 is 0 Å². The quantitative estimate of drug-likeness (QED) is 0.654. The van der Waals surface area contributed by atoms with Crippen molar-refractivity contribution in [2.45, 2.75) is 13.8 Å². The molecule has 0 N–H and O–H groups in total. The smallest absolute Gasteiger partial charge is 0.106 e. The summed E-state index contributed by atoms with van der Waals surface area (Å²) in [5.74, 6) is 0. The van der Waals surface area contributed by atoms with Gasteiger partial charge in [0.15, 0.2) is 0 Å².